The van der Waals surface area contributed by atoms with E-state index in [0.29, 0.717) is 6.61 Å². The fourth-order valence-electron chi connectivity index (χ4n) is 3.29. The number of carbonyl (C=O) groups is 1. The monoisotopic (exact) mass is 431 g/mol. The molecule has 3 rings (SSSR count). The number of carbonyl (C=O) groups excluding carboxylic acids is 1. The summed E-state index contributed by atoms with van der Waals surface area (Å²) in [6.07, 6.45) is 2.76. The van der Waals surface area contributed by atoms with E-state index in [1.165, 1.54) is 27.4 Å². The van der Waals surface area contributed by atoms with E-state index < -0.39 is 20.0 Å². The first kappa shape index (κ1) is 21.2. The highest BCUT2D eigenvalue weighted by atomic mass is 32.2. The Hall–Kier alpha value is -1.53. The van der Waals surface area contributed by atoms with E-state index in [1.807, 2.05) is 0 Å². The minimum atomic E-state index is -3.75. The van der Waals surface area contributed by atoms with Crippen LogP contribution >= 0.6 is 0 Å². The highest BCUT2D eigenvalue weighted by Crippen LogP contribution is 2.17. The molecular weight excluding hydrogens is 406 g/mol. The third kappa shape index (κ3) is 5.09. The minimum Gasteiger partial charge on any atom is -0.377 e. The van der Waals surface area contributed by atoms with Crippen LogP contribution in [0.3, 0.4) is 0 Å². The standard InChI is InChI=1S/C17H25N3O6S2/c1-27(22,23)20-9-7-19(8-10-20)17(21)14-4-2-6-16(12-14)28(24,25)18-13-15-5-3-11-26-15/h2,4,6,12,15,18H,3,5,7-11,13H2,1H3. The molecule has 0 bridgehead atoms. The van der Waals surface area contributed by atoms with Gasteiger partial charge in [0.15, 0.2) is 0 Å². The maximum absolute atomic E-state index is 12.7. The number of nitrogens with one attached hydrogen (secondary N) is 1. The molecule has 0 aromatic heterocycles. The third-order valence-corrected chi connectivity index (χ3v) is 7.64. The van der Waals surface area contributed by atoms with E-state index in [-0.39, 0.29) is 55.2 Å². The summed E-state index contributed by atoms with van der Waals surface area (Å²) < 4.78 is 57.5. The first-order valence-corrected chi connectivity index (χ1v) is 12.5. The molecule has 1 atom stereocenters. The molecule has 0 aliphatic carbocycles. The van der Waals surface area contributed by atoms with Crippen LogP contribution in [0.4, 0.5) is 0 Å². The van der Waals surface area contributed by atoms with Gasteiger partial charge in [0.05, 0.1) is 17.3 Å². The van der Waals surface area contributed by atoms with E-state index in [9.17, 15) is 21.6 Å². The number of hydrogen-bond donors (Lipinski definition) is 1. The fraction of sp³-hybridized carbons (Fsp3) is 0.588. The smallest absolute Gasteiger partial charge is 0.253 e. The quantitative estimate of drug-likeness (QED) is 0.671. The number of hydrogen-bond acceptors (Lipinski definition) is 6. The fourth-order valence-corrected chi connectivity index (χ4v) is 5.23. The van der Waals surface area contributed by atoms with Crippen molar-refractivity contribution < 1.29 is 26.4 Å². The average molecular weight is 432 g/mol. The third-order valence-electron chi connectivity index (χ3n) is 4.91. The van der Waals surface area contributed by atoms with E-state index in [1.54, 1.807) is 6.07 Å². The van der Waals surface area contributed by atoms with Crippen LogP contribution in [0, 0.1) is 0 Å². The molecule has 1 aromatic carbocycles. The summed E-state index contributed by atoms with van der Waals surface area (Å²) >= 11 is 0. The Bertz CT molecular complexity index is 918. The van der Waals surface area contributed by atoms with Crippen LogP contribution in [0.2, 0.25) is 0 Å². The summed E-state index contributed by atoms with van der Waals surface area (Å²) in [4.78, 5) is 14.3. The molecule has 28 heavy (non-hydrogen) atoms. The first-order chi connectivity index (χ1) is 13.2. The average Bonchev–Trinajstić information content (AvgIpc) is 3.19. The molecule has 9 nitrogen and oxygen atoms in total. The topological polar surface area (TPSA) is 113 Å². The Labute approximate surface area is 165 Å². The van der Waals surface area contributed by atoms with Crippen molar-refractivity contribution >= 4 is 26.0 Å². The van der Waals surface area contributed by atoms with Crippen molar-refractivity contribution in [2.24, 2.45) is 0 Å². The predicted octanol–water partition coefficient (Wildman–Crippen LogP) is -0.139. The van der Waals surface area contributed by atoms with E-state index in [2.05, 4.69) is 4.72 Å². The van der Waals surface area contributed by atoms with Crippen LogP contribution in [-0.4, -0.2) is 83.6 Å². The summed E-state index contributed by atoms with van der Waals surface area (Å²) in [6, 6.07) is 5.88. The van der Waals surface area contributed by atoms with E-state index >= 15 is 0 Å². The zero-order valence-corrected chi connectivity index (χ0v) is 17.3. The first-order valence-electron chi connectivity index (χ1n) is 9.12. The molecule has 2 saturated heterocycles. The summed E-state index contributed by atoms with van der Waals surface area (Å²) in [6.45, 7) is 1.83. The van der Waals surface area contributed by atoms with Crippen molar-refractivity contribution in [3.8, 4) is 0 Å². The summed E-state index contributed by atoms with van der Waals surface area (Å²) in [5.74, 6) is -0.315. The van der Waals surface area contributed by atoms with Gasteiger partial charge in [-0.2, -0.15) is 4.31 Å². The number of piperazine rings is 1. The molecule has 1 aromatic rings. The van der Waals surface area contributed by atoms with E-state index in [0.717, 1.165) is 19.1 Å². The number of amides is 1. The van der Waals surface area contributed by atoms with E-state index in [4.69, 9.17) is 4.74 Å². The second-order valence-electron chi connectivity index (χ2n) is 6.97. The Kier molecular flexibility index (Phi) is 6.40. The number of benzene rings is 1. The summed E-state index contributed by atoms with van der Waals surface area (Å²) in [5.41, 5.74) is 0.257. The molecule has 2 heterocycles. The molecule has 1 amide bonds. The van der Waals surface area contributed by atoms with Crippen LogP contribution in [0.1, 0.15) is 23.2 Å². The van der Waals surface area contributed by atoms with Gasteiger partial charge in [-0.1, -0.05) is 6.07 Å². The highest BCUT2D eigenvalue weighted by molar-refractivity contribution is 7.89. The van der Waals surface area contributed by atoms with Gasteiger partial charge in [-0.05, 0) is 31.0 Å². The van der Waals surface area contributed by atoms with Crippen molar-refractivity contribution in [1.29, 1.82) is 0 Å². The Morgan fingerprint density at radius 3 is 2.50 bits per heavy atom. The molecule has 1 unspecified atom stereocenters. The molecule has 11 heteroatoms. The highest BCUT2D eigenvalue weighted by Gasteiger charge is 2.27. The number of nitrogens with zero attached hydrogens (tertiary/aromatic N) is 2. The van der Waals surface area contributed by atoms with Crippen molar-refractivity contribution in [2.45, 2.75) is 23.8 Å². The molecule has 0 spiro atoms. The second-order valence-corrected chi connectivity index (χ2v) is 10.7. The van der Waals surface area contributed by atoms with Crippen molar-refractivity contribution in [2.75, 3.05) is 45.6 Å². The normalized spacial score (nSPS) is 21.8. The van der Waals surface area contributed by atoms with Crippen LogP contribution in [0.5, 0.6) is 0 Å². The van der Waals surface area contributed by atoms with Crippen molar-refractivity contribution in [3.63, 3.8) is 0 Å². The van der Waals surface area contributed by atoms with Gasteiger partial charge < -0.3 is 9.64 Å². The molecule has 2 fully saturated rings. The number of sulfonamides is 2. The second kappa shape index (κ2) is 8.46. The molecule has 1 N–H and O–H groups in total. The molecule has 2 aliphatic heterocycles. The van der Waals surface area contributed by atoms with Crippen LogP contribution in [0.25, 0.3) is 0 Å². The summed E-state index contributed by atoms with van der Waals surface area (Å²) in [7, 11) is -7.03. The van der Waals surface area contributed by atoms with Gasteiger partial charge in [0.2, 0.25) is 20.0 Å². The maximum atomic E-state index is 12.7. The SMILES string of the molecule is CS(=O)(=O)N1CCN(C(=O)c2cccc(S(=O)(=O)NCC3CCCO3)c2)CC1. The van der Waals surface area contributed by atoms with Gasteiger partial charge in [0.25, 0.3) is 5.91 Å². The van der Waals surface area contributed by atoms with Crippen LogP contribution < -0.4 is 4.72 Å². The van der Waals surface area contributed by atoms with Gasteiger partial charge in [-0.3, -0.25) is 4.79 Å². The van der Waals surface area contributed by atoms with Crippen LogP contribution in [0.15, 0.2) is 29.2 Å². The van der Waals surface area contributed by atoms with Gasteiger partial charge in [-0.15, -0.1) is 0 Å². The molecule has 2 aliphatic rings. The van der Waals surface area contributed by atoms with Crippen molar-refractivity contribution in [3.05, 3.63) is 29.8 Å². The molecular formula is C17H25N3O6S2. The van der Waals surface area contributed by atoms with Crippen LogP contribution in [-0.2, 0) is 24.8 Å². The lowest BCUT2D eigenvalue weighted by molar-refractivity contribution is 0.0698. The molecule has 0 saturated carbocycles. The Morgan fingerprint density at radius 1 is 1.18 bits per heavy atom. The summed E-state index contributed by atoms with van der Waals surface area (Å²) in [5, 5.41) is 0. The number of ether oxygens (including phenoxy) is 1. The Morgan fingerprint density at radius 2 is 1.89 bits per heavy atom. The lowest BCUT2D eigenvalue weighted by Crippen LogP contribution is -2.50. The predicted molar refractivity (Wildman–Crippen MR) is 103 cm³/mol. The lowest BCUT2D eigenvalue weighted by atomic mass is 10.2. The van der Waals surface area contributed by atoms with Gasteiger partial charge in [-0.25, -0.2) is 21.6 Å². The molecule has 0 radical (unpaired) electrons. The van der Waals surface area contributed by atoms with Crippen molar-refractivity contribution in [1.82, 2.24) is 13.9 Å². The lowest BCUT2D eigenvalue weighted by Gasteiger charge is -2.33. The van der Waals surface area contributed by atoms with Gasteiger partial charge in [0.1, 0.15) is 0 Å². The molecule has 156 valence electrons. The maximum Gasteiger partial charge on any atom is 0.253 e. The van der Waals surface area contributed by atoms with Gasteiger partial charge in [0, 0.05) is 44.9 Å². The Balaban J connectivity index is 1.66. The largest absolute Gasteiger partial charge is 0.377 e. The zero-order chi connectivity index (χ0) is 20.4. The number of rotatable bonds is 6. The van der Waals surface area contributed by atoms with Gasteiger partial charge >= 0.3 is 0 Å². The minimum absolute atomic E-state index is 0.0196. The zero-order valence-electron chi connectivity index (χ0n) is 15.7.